The predicted octanol–water partition coefficient (Wildman–Crippen LogP) is 2.61. The van der Waals surface area contributed by atoms with E-state index in [1.54, 1.807) is 0 Å². The van der Waals surface area contributed by atoms with Crippen molar-refractivity contribution in [2.45, 2.75) is 31.9 Å². The van der Waals surface area contributed by atoms with Gasteiger partial charge in [-0.15, -0.1) is 0 Å². The fourth-order valence-electron chi connectivity index (χ4n) is 1.86. The first-order valence-electron chi connectivity index (χ1n) is 5.56. The fraction of sp³-hybridized carbons (Fsp3) is 0.600. The Labute approximate surface area is 102 Å². The molecule has 0 spiro atoms. The first kappa shape index (κ1) is 12.7. The van der Waals surface area contributed by atoms with E-state index in [9.17, 15) is 13.6 Å². The zero-order chi connectivity index (χ0) is 13.1. The van der Waals surface area contributed by atoms with Gasteiger partial charge in [0.2, 0.25) is 0 Å². The van der Waals surface area contributed by atoms with E-state index in [1.165, 1.54) is 10.9 Å². The van der Waals surface area contributed by atoms with Gasteiger partial charge in [-0.25, -0.2) is 18.3 Å². The van der Waals surface area contributed by atoms with Crippen LogP contribution < -0.4 is 5.32 Å². The Morgan fingerprint density at radius 3 is 2.94 bits per heavy atom. The molecule has 1 unspecified atom stereocenters. The minimum Gasteiger partial charge on any atom is -0.465 e. The van der Waals surface area contributed by atoms with Gasteiger partial charge in [-0.3, -0.25) is 5.32 Å². The lowest BCUT2D eigenvalue weighted by molar-refractivity contribution is -0.0402. The van der Waals surface area contributed by atoms with Crippen molar-refractivity contribution in [2.24, 2.45) is 0 Å². The molecule has 2 heterocycles. The van der Waals surface area contributed by atoms with E-state index in [1.807, 2.05) is 5.32 Å². The van der Waals surface area contributed by atoms with Gasteiger partial charge in [-0.1, -0.05) is 0 Å². The van der Waals surface area contributed by atoms with Crippen LogP contribution in [0.25, 0.3) is 0 Å². The molecule has 0 saturated carbocycles. The molecule has 1 amide bonds. The second-order valence-electron chi connectivity index (χ2n) is 3.96. The number of hydrogen-bond donors (Lipinski definition) is 2. The number of carboxylic acid groups (broad SMARTS) is 1. The molecule has 2 rings (SSSR count). The number of nitrogens with zero attached hydrogens (tertiary/aromatic N) is 2. The van der Waals surface area contributed by atoms with Gasteiger partial charge in [0.15, 0.2) is 5.69 Å². The van der Waals surface area contributed by atoms with Gasteiger partial charge < -0.3 is 9.84 Å². The molecule has 0 aromatic carbocycles. The van der Waals surface area contributed by atoms with E-state index < -0.39 is 24.4 Å². The van der Waals surface area contributed by atoms with E-state index in [0.717, 1.165) is 12.8 Å². The minimum atomic E-state index is -2.84. The van der Waals surface area contributed by atoms with E-state index in [-0.39, 0.29) is 5.69 Å². The standard InChI is InChI=1S/C10H13F2N3O3/c11-9(12)8-6(13-10(16)17)5-15(14-8)7-3-1-2-4-18-7/h5,7,9,13H,1-4H2,(H,16,17). The van der Waals surface area contributed by atoms with Crippen LogP contribution in [0.2, 0.25) is 0 Å². The summed E-state index contributed by atoms with van der Waals surface area (Å²) in [6.45, 7) is 0.552. The Bertz CT molecular complexity index is 430. The summed E-state index contributed by atoms with van der Waals surface area (Å²) in [6, 6.07) is 0. The lowest BCUT2D eigenvalue weighted by atomic mass is 10.2. The molecule has 8 heteroatoms. The predicted molar refractivity (Wildman–Crippen MR) is 57.7 cm³/mol. The van der Waals surface area contributed by atoms with Gasteiger partial charge in [0.25, 0.3) is 6.43 Å². The number of aromatic nitrogens is 2. The number of carbonyl (C=O) groups is 1. The maximum Gasteiger partial charge on any atom is 0.409 e. The summed E-state index contributed by atoms with van der Waals surface area (Å²) in [4.78, 5) is 10.5. The average molecular weight is 261 g/mol. The van der Waals surface area contributed by atoms with Crippen LogP contribution in [0.15, 0.2) is 6.20 Å². The molecule has 0 radical (unpaired) electrons. The monoisotopic (exact) mass is 261 g/mol. The molecule has 6 nitrogen and oxygen atoms in total. The molecule has 0 aliphatic carbocycles. The van der Waals surface area contributed by atoms with Crippen molar-refractivity contribution in [3.8, 4) is 0 Å². The Morgan fingerprint density at radius 2 is 2.39 bits per heavy atom. The van der Waals surface area contributed by atoms with Gasteiger partial charge in [0.1, 0.15) is 6.23 Å². The first-order chi connectivity index (χ1) is 8.58. The normalized spacial score (nSPS) is 20.1. The molecule has 1 fully saturated rings. The Morgan fingerprint density at radius 1 is 1.61 bits per heavy atom. The number of hydrogen-bond acceptors (Lipinski definition) is 3. The molecule has 1 aliphatic heterocycles. The molecule has 1 saturated heterocycles. The van der Waals surface area contributed by atoms with Crippen LogP contribution in [0.5, 0.6) is 0 Å². The van der Waals surface area contributed by atoms with Crippen LogP contribution in [0.1, 0.15) is 37.6 Å². The molecule has 1 atom stereocenters. The van der Waals surface area contributed by atoms with Gasteiger partial charge in [0, 0.05) is 6.61 Å². The summed E-state index contributed by atoms with van der Waals surface area (Å²) in [5, 5.41) is 14.2. The quantitative estimate of drug-likeness (QED) is 0.876. The Kier molecular flexibility index (Phi) is 3.75. The van der Waals surface area contributed by atoms with Gasteiger partial charge in [0.05, 0.1) is 11.9 Å². The molecular formula is C10H13F2N3O3. The number of rotatable bonds is 3. The molecule has 2 N–H and O–H groups in total. The highest BCUT2D eigenvalue weighted by Crippen LogP contribution is 2.29. The Hall–Kier alpha value is -1.70. The molecule has 18 heavy (non-hydrogen) atoms. The van der Waals surface area contributed by atoms with Crippen LogP contribution in [0.3, 0.4) is 0 Å². The van der Waals surface area contributed by atoms with E-state index in [4.69, 9.17) is 9.84 Å². The smallest absolute Gasteiger partial charge is 0.409 e. The largest absolute Gasteiger partial charge is 0.465 e. The van der Waals surface area contributed by atoms with E-state index in [0.29, 0.717) is 13.0 Å². The van der Waals surface area contributed by atoms with Crippen LogP contribution in [-0.4, -0.2) is 27.6 Å². The Balaban J connectivity index is 2.23. The van der Waals surface area contributed by atoms with Gasteiger partial charge >= 0.3 is 6.09 Å². The first-order valence-corrected chi connectivity index (χ1v) is 5.56. The highest BCUT2D eigenvalue weighted by molar-refractivity contribution is 5.83. The average Bonchev–Trinajstić information content (AvgIpc) is 2.73. The summed E-state index contributed by atoms with van der Waals surface area (Å²) in [5.41, 5.74) is -0.779. The molecular weight excluding hydrogens is 248 g/mol. The number of nitrogens with one attached hydrogen (secondary N) is 1. The van der Waals surface area contributed by atoms with Crippen LogP contribution in [0.4, 0.5) is 19.3 Å². The van der Waals surface area contributed by atoms with E-state index >= 15 is 0 Å². The number of amides is 1. The zero-order valence-corrected chi connectivity index (χ0v) is 9.47. The van der Waals surface area contributed by atoms with Crippen LogP contribution >= 0.6 is 0 Å². The third kappa shape index (κ3) is 2.76. The summed E-state index contributed by atoms with van der Waals surface area (Å²) < 4.78 is 32.1. The summed E-state index contributed by atoms with van der Waals surface area (Å²) in [6.07, 6.45) is -0.864. The lowest BCUT2D eigenvalue weighted by Gasteiger charge is -2.22. The van der Waals surface area contributed by atoms with Crippen LogP contribution in [-0.2, 0) is 4.74 Å². The second-order valence-corrected chi connectivity index (χ2v) is 3.96. The van der Waals surface area contributed by atoms with Gasteiger partial charge in [-0.05, 0) is 19.3 Å². The van der Waals surface area contributed by atoms with Crippen molar-refractivity contribution >= 4 is 11.8 Å². The third-order valence-corrected chi connectivity index (χ3v) is 2.66. The molecule has 1 aromatic heterocycles. The lowest BCUT2D eigenvalue weighted by Crippen LogP contribution is -2.18. The molecule has 1 aliphatic rings. The third-order valence-electron chi connectivity index (χ3n) is 2.66. The van der Waals surface area contributed by atoms with Crippen molar-refractivity contribution in [1.82, 2.24) is 9.78 Å². The highest BCUT2D eigenvalue weighted by atomic mass is 19.3. The van der Waals surface area contributed by atoms with Crippen molar-refractivity contribution in [3.05, 3.63) is 11.9 Å². The van der Waals surface area contributed by atoms with Crippen molar-refractivity contribution in [2.75, 3.05) is 11.9 Å². The fourth-order valence-corrected chi connectivity index (χ4v) is 1.86. The van der Waals surface area contributed by atoms with Crippen LogP contribution in [0, 0.1) is 0 Å². The number of alkyl halides is 2. The summed E-state index contributed by atoms with van der Waals surface area (Å²) in [7, 11) is 0. The SMILES string of the molecule is O=C(O)Nc1cn(C2CCCCO2)nc1C(F)F. The van der Waals surface area contributed by atoms with Crippen molar-refractivity contribution < 1.29 is 23.4 Å². The maximum absolute atomic E-state index is 12.7. The number of anilines is 1. The van der Waals surface area contributed by atoms with Gasteiger partial charge in [-0.2, -0.15) is 5.10 Å². The molecule has 1 aromatic rings. The zero-order valence-electron chi connectivity index (χ0n) is 9.47. The van der Waals surface area contributed by atoms with Crippen molar-refractivity contribution in [1.29, 1.82) is 0 Å². The second kappa shape index (κ2) is 5.30. The minimum absolute atomic E-state index is 0.202. The topological polar surface area (TPSA) is 76.4 Å². The van der Waals surface area contributed by atoms with E-state index in [2.05, 4.69) is 5.10 Å². The number of halogens is 2. The maximum atomic E-state index is 12.7. The summed E-state index contributed by atoms with van der Waals surface area (Å²) >= 11 is 0. The molecule has 100 valence electrons. The van der Waals surface area contributed by atoms with Crippen molar-refractivity contribution in [3.63, 3.8) is 0 Å². The highest BCUT2D eigenvalue weighted by Gasteiger charge is 2.24. The number of ether oxygens (including phenoxy) is 1. The molecule has 0 bridgehead atoms. The summed E-state index contributed by atoms with van der Waals surface area (Å²) in [5.74, 6) is 0.